The average Bonchev–Trinajstić information content (AvgIpc) is 2.33. The Morgan fingerprint density at radius 2 is 2.00 bits per heavy atom. The zero-order chi connectivity index (χ0) is 15.6. The van der Waals surface area contributed by atoms with Gasteiger partial charge in [-0.25, -0.2) is 0 Å². The highest BCUT2D eigenvalue weighted by atomic mass is 16.5. The van der Waals surface area contributed by atoms with Gasteiger partial charge >= 0.3 is 0 Å². The molecule has 1 fully saturated rings. The van der Waals surface area contributed by atoms with Crippen molar-refractivity contribution in [3.8, 4) is 0 Å². The highest BCUT2D eigenvalue weighted by Gasteiger charge is 2.32. The third-order valence-corrected chi connectivity index (χ3v) is 4.62. The highest BCUT2D eigenvalue weighted by molar-refractivity contribution is 5.31. The van der Waals surface area contributed by atoms with Gasteiger partial charge in [-0.05, 0) is 55.6 Å². The van der Waals surface area contributed by atoms with Crippen LogP contribution in [0, 0.1) is 25.2 Å². The molecule has 1 aliphatic rings. The summed E-state index contributed by atoms with van der Waals surface area (Å²) in [4.78, 5) is 0. The summed E-state index contributed by atoms with van der Waals surface area (Å²) in [5.41, 5.74) is 3.71. The normalized spacial score (nSPS) is 26.6. The maximum absolute atomic E-state index is 10.4. The van der Waals surface area contributed by atoms with Gasteiger partial charge in [0, 0.05) is 0 Å². The van der Waals surface area contributed by atoms with Crippen LogP contribution in [0.3, 0.4) is 0 Å². The molecular weight excluding hydrogens is 260 g/mol. The van der Waals surface area contributed by atoms with Crippen molar-refractivity contribution in [3.05, 3.63) is 34.9 Å². The molecular formula is C19H30O2. The van der Waals surface area contributed by atoms with Gasteiger partial charge < -0.3 is 9.84 Å². The lowest BCUT2D eigenvalue weighted by molar-refractivity contribution is -0.0565. The van der Waals surface area contributed by atoms with Crippen LogP contribution in [0.4, 0.5) is 0 Å². The smallest absolute Gasteiger partial charge is 0.103 e. The van der Waals surface area contributed by atoms with Crippen molar-refractivity contribution in [1.29, 1.82) is 0 Å². The van der Waals surface area contributed by atoms with E-state index in [1.807, 2.05) is 6.07 Å². The van der Waals surface area contributed by atoms with E-state index in [0.717, 1.165) is 24.0 Å². The minimum Gasteiger partial charge on any atom is -0.386 e. The van der Waals surface area contributed by atoms with Crippen molar-refractivity contribution in [1.82, 2.24) is 0 Å². The SMILES string of the molecule is Cc1ccc(C(O)COC2CC(C)CC(C)(C)C2)c(C)c1. The Morgan fingerprint density at radius 3 is 2.62 bits per heavy atom. The number of aliphatic hydroxyl groups is 1. The lowest BCUT2D eigenvalue weighted by atomic mass is 9.71. The number of aryl methyl sites for hydroxylation is 2. The molecule has 2 nitrogen and oxygen atoms in total. The second-order valence-electron chi connectivity index (χ2n) is 7.74. The molecule has 1 aromatic rings. The Morgan fingerprint density at radius 1 is 1.29 bits per heavy atom. The summed E-state index contributed by atoms with van der Waals surface area (Å²) in [6.07, 6.45) is 3.24. The Kier molecular flexibility index (Phi) is 5.11. The first kappa shape index (κ1) is 16.5. The largest absolute Gasteiger partial charge is 0.386 e. The third kappa shape index (κ3) is 4.55. The zero-order valence-electron chi connectivity index (χ0n) is 14.1. The fourth-order valence-corrected chi connectivity index (χ4v) is 3.90. The van der Waals surface area contributed by atoms with Gasteiger partial charge in [-0.1, -0.05) is 44.5 Å². The van der Waals surface area contributed by atoms with Gasteiger partial charge in [0.2, 0.25) is 0 Å². The average molecular weight is 290 g/mol. The molecule has 0 saturated heterocycles. The van der Waals surface area contributed by atoms with Crippen LogP contribution in [0.2, 0.25) is 0 Å². The van der Waals surface area contributed by atoms with Crippen LogP contribution < -0.4 is 0 Å². The van der Waals surface area contributed by atoms with Gasteiger partial charge in [-0.2, -0.15) is 0 Å². The molecule has 0 bridgehead atoms. The molecule has 0 aliphatic heterocycles. The van der Waals surface area contributed by atoms with E-state index in [0.29, 0.717) is 17.9 Å². The molecule has 1 saturated carbocycles. The Labute approximate surface area is 129 Å². The molecule has 21 heavy (non-hydrogen) atoms. The predicted octanol–water partition coefficient (Wildman–Crippen LogP) is 4.57. The predicted molar refractivity (Wildman–Crippen MR) is 87.4 cm³/mol. The van der Waals surface area contributed by atoms with Crippen LogP contribution in [-0.2, 0) is 4.74 Å². The van der Waals surface area contributed by atoms with E-state index in [-0.39, 0.29) is 6.10 Å². The topological polar surface area (TPSA) is 29.5 Å². The van der Waals surface area contributed by atoms with E-state index < -0.39 is 6.10 Å². The number of aliphatic hydroxyl groups excluding tert-OH is 1. The van der Waals surface area contributed by atoms with Crippen LogP contribution in [0.5, 0.6) is 0 Å². The van der Waals surface area contributed by atoms with Crippen LogP contribution in [0.1, 0.15) is 62.8 Å². The quantitative estimate of drug-likeness (QED) is 0.880. The summed E-state index contributed by atoms with van der Waals surface area (Å²) in [6.45, 7) is 11.5. The molecule has 3 atom stereocenters. The van der Waals surface area contributed by atoms with E-state index in [9.17, 15) is 5.11 Å². The Hall–Kier alpha value is -0.860. The number of benzene rings is 1. The monoisotopic (exact) mass is 290 g/mol. The van der Waals surface area contributed by atoms with Crippen LogP contribution >= 0.6 is 0 Å². The Balaban J connectivity index is 1.93. The molecule has 0 heterocycles. The second kappa shape index (κ2) is 6.50. The standard InChI is InChI=1S/C19H30O2/c1-13-6-7-17(15(3)8-13)18(20)12-21-16-9-14(2)10-19(4,5)11-16/h6-8,14,16,18,20H,9-12H2,1-5H3. The summed E-state index contributed by atoms with van der Waals surface area (Å²) in [5, 5.41) is 10.4. The minimum atomic E-state index is -0.522. The van der Waals surface area contributed by atoms with E-state index in [4.69, 9.17) is 4.74 Å². The second-order valence-corrected chi connectivity index (χ2v) is 7.74. The molecule has 2 heteroatoms. The van der Waals surface area contributed by atoms with Crippen LogP contribution in [-0.4, -0.2) is 17.8 Å². The zero-order valence-corrected chi connectivity index (χ0v) is 14.1. The maximum atomic E-state index is 10.4. The molecule has 3 unspecified atom stereocenters. The van der Waals surface area contributed by atoms with E-state index in [1.54, 1.807) is 0 Å². The molecule has 1 aliphatic carbocycles. The molecule has 2 rings (SSSR count). The fourth-order valence-electron chi connectivity index (χ4n) is 3.90. The molecule has 1 aromatic carbocycles. The molecule has 0 aromatic heterocycles. The summed E-state index contributed by atoms with van der Waals surface area (Å²) < 4.78 is 6.04. The van der Waals surface area contributed by atoms with E-state index in [1.165, 1.54) is 12.0 Å². The molecule has 0 radical (unpaired) electrons. The van der Waals surface area contributed by atoms with Crippen LogP contribution in [0.15, 0.2) is 18.2 Å². The van der Waals surface area contributed by atoms with Crippen molar-refractivity contribution < 1.29 is 9.84 Å². The molecule has 1 N–H and O–H groups in total. The van der Waals surface area contributed by atoms with Gasteiger partial charge in [-0.15, -0.1) is 0 Å². The number of hydrogen-bond donors (Lipinski definition) is 1. The van der Waals surface area contributed by atoms with E-state index >= 15 is 0 Å². The van der Waals surface area contributed by atoms with Crippen molar-refractivity contribution in [3.63, 3.8) is 0 Å². The number of hydrogen-bond acceptors (Lipinski definition) is 2. The van der Waals surface area contributed by atoms with Crippen molar-refractivity contribution in [2.24, 2.45) is 11.3 Å². The lowest BCUT2D eigenvalue weighted by Gasteiger charge is -2.39. The summed E-state index contributed by atoms with van der Waals surface area (Å²) >= 11 is 0. The minimum absolute atomic E-state index is 0.282. The lowest BCUT2D eigenvalue weighted by Crippen LogP contribution is -2.33. The van der Waals surface area contributed by atoms with Gasteiger partial charge in [-0.3, -0.25) is 0 Å². The molecule has 0 spiro atoms. The van der Waals surface area contributed by atoms with Gasteiger partial charge in [0.25, 0.3) is 0 Å². The van der Waals surface area contributed by atoms with Gasteiger partial charge in [0.15, 0.2) is 0 Å². The first-order valence-electron chi connectivity index (χ1n) is 8.13. The van der Waals surface area contributed by atoms with Crippen molar-refractivity contribution in [2.45, 2.75) is 66.1 Å². The van der Waals surface area contributed by atoms with Crippen LogP contribution in [0.25, 0.3) is 0 Å². The maximum Gasteiger partial charge on any atom is 0.103 e. The number of ether oxygens (including phenoxy) is 1. The summed E-state index contributed by atoms with van der Waals surface area (Å²) in [6, 6.07) is 6.19. The highest BCUT2D eigenvalue weighted by Crippen LogP contribution is 2.39. The summed E-state index contributed by atoms with van der Waals surface area (Å²) in [7, 11) is 0. The third-order valence-electron chi connectivity index (χ3n) is 4.62. The Bertz CT molecular complexity index is 478. The van der Waals surface area contributed by atoms with Gasteiger partial charge in [0.1, 0.15) is 6.10 Å². The first-order valence-corrected chi connectivity index (χ1v) is 8.13. The first-order chi connectivity index (χ1) is 9.77. The van der Waals surface area contributed by atoms with Crippen molar-refractivity contribution >= 4 is 0 Å². The van der Waals surface area contributed by atoms with E-state index in [2.05, 4.69) is 46.8 Å². The number of rotatable bonds is 4. The molecule has 118 valence electrons. The van der Waals surface area contributed by atoms with Crippen molar-refractivity contribution in [2.75, 3.05) is 6.61 Å². The summed E-state index contributed by atoms with van der Waals surface area (Å²) in [5.74, 6) is 0.706. The molecule has 0 amide bonds. The van der Waals surface area contributed by atoms with Gasteiger partial charge in [0.05, 0.1) is 12.7 Å². The fraction of sp³-hybridized carbons (Fsp3) is 0.684.